The van der Waals surface area contributed by atoms with Gasteiger partial charge in [-0.2, -0.15) is 0 Å². The van der Waals surface area contributed by atoms with Crippen molar-refractivity contribution in [3.8, 4) is 0 Å². The molecule has 2 heterocycles. The van der Waals surface area contributed by atoms with Crippen LogP contribution >= 0.6 is 11.6 Å². The van der Waals surface area contributed by atoms with E-state index >= 15 is 0 Å². The topological polar surface area (TPSA) is 74.3 Å². The Bertz CT molecular complexity index is 721. The number of benzene rings is 1. The number of hydrogen-bond acceptors (Lipinski definition) is 3. The Balaban J connectivity index is 1.53. The van der Waals surface area contributed by atoms with E-state index in [0.717, 1.165) is 11.3 Å². The Morgan fingerprint density at radius 1 is 1.21 bits per heavy atom. The zero-order valence-corrected chi connectivity index (χ0v) is 13.7. The fourth-order valence-electron chi connectivity index (χ4n) is 2.58. The summed E-state index contributed by atoms with van der Waals surface area (Å²) in [4.78, 5) is 30.0. The van der Waals surface area contributed by atoms with Gasteiger partial charge in [-0.05, 0) is 48.4 Å². The first-order valence-electron chi connectivity index (χ1n) is 7.64. The molecular formula is C17H17ClN4O2. The second kappa shape index (κ2) is 7.31. The van der Waals surface area contributed by atoms with Crippen molar-refractivity contribution in [3.63, 3.8) is 0 Å². The Morgan fingerprint density at radius 3 is 2.62 bits per heavy atom. The third-order valence-corrected chi connectivity index (χ3v) is 4.10. The first-order chi connectivity index (χ1) is 11.6. The number of nitrogens with one attached hydrogen (secondary N) is 2. The summed E-state index contributed by atoms with van der Waals surface area (Å²) in [7, 11) is 0. The molecule has 24 heavy (non-hydrogen) atoms. The van der Waals surface area contributed by atoms with Gasteiger partial charge in [0.25, 0.3) is 0 Å². The number of rotatable bonds is 4. The van der Waals surface area contributed by atoms with Crippen molar-refractivity contribution in [2.24, 2.45) is 0 Å². The normalized spacial score (nSPS) is 17.0. The predicted molar refractivity (Wildman–Crippen MR) is 91.8 cm³/mol. The van der Waals surface area contributed by atoms with Gasteiger partial charge in [0.15, 0.2) is 0 Å². The van der Waals surface area contributed by atoms with Crippen LogP contribution in [-0.4, -0.2) is 29.5 Å². The molecule has 1 aliphatic heterocycles. The fraction of sp³-hybridized carbons (Fsp3) is 0.235. The van der Waals surface area contributed by atoms with E-state index in [0.29, 0.717) is 24.5 Å². The molecule has 3 rings (SSSR count). The molecule has 1 aliphatic rings. The number of carbonyl (C=O) groups excluding carboxylic acids is 2. The van der Waals surface area contributed by atoms with E-state index in [9.17, 15) is 9.59 Å². The molecular weight excluding hydrogens is 328 g/mol. The molecule has 7 heteroatoms. The third kappa shape index (κ3) is 3.83. The molecule has 0 bridgehead atoms. The summed E-state index contributed by atoms with van der Waals surface area (Å²) in [6.45, 7) is 0.950. The van der Waals surface area contributed by atoms with Crippen LogP contribution in [0.2, 0.25) is 5.02 Å². The lowest BCUT2D eigenvalue weighted by molar-refractivity contribution is -0.118. The van der Waals surface area contributed by atoms with Crippen molar-refractivity contribution in [2.45, 2.75) is 19.0 Å². The largest absolute Gasteiger partial charge is 0.334 e. The zero-order valence-electron chi connectivity index (χ0n) is 12.9. The number of aromatic nitrogens is 1. The van der Waals surface area contributed by atoms with Gasteiger partial charge in [-0.1, -0.05) is 11.6 Å². The predicted octanol–water partition coefficient (Wildman–Crippen LogP) is 2.34. The highest BCUT2D eigenvalue weighted by Crippen LogP contribution is 2.23. The van der Waals surface area contributed by atoms with Crippen LogP contribution in [0.5, 0.6) is 0 Å². The molecule has 0 radical (unpaired) electrons. The lowest BCUT2D eigenvalue weighted by Crippen LogP contribution is -2.45. The van der Waals surface area contributed by atoms with Crippen LogP contribution in [0.25, 0.3) is 0 Å². The van der Waals surface area contributed by atoms with Crippen LogP contribution in [-0.2, 0) is 11.3 Å². The van der Waals surface area contributed by atoms with Gasteiger partial charge >= 0.3 is 6.03 Å². The number of hydrogen-bond donors (Lipinski definition) is 2. The molecule has 2 aromatic rings. The Kier molecular flexibility index (Phi) is 4.96. The van der Waals surface area contributed by atoms with Gasteiger partial charge in [-0.25, -0.2) is 4.79 Å². The standard InChI is InChI=1S/C17H17ClN4O2/c18-13-1-3-14(4-2-13)22-10-7-15(16(22)23)21-17(24)20-11-12-5-8-19-9-6-12/h1-6,8-9,15H,7,10-11H2,(H2,20,21,24)/t15-/m0/s1. The lowest BCUT2D eigenvalue weighted by Gasteiger charge is -2.17. The van der Waals surface area contributed by atoms with E-state index in [1.807, 2.05) is 12.1 Å². The highest BCUT2D eigenvalue weighted by atomic mass is 35.5. The number of nitrogens with zero attached hydrogens (tertiary/aromatic N) is 2. The van der Waals surface area contributed by atoms with E-state index in [-0.39, 0.29) is 11.9 Å². The molecule has 0 spiro atoms. The van der Waals surface area contributed by atoms with E-state index in [4.69, 9.17) is 11.6 Å². The monoisotopic (exact) mass is 344 g/mol. The van der Waals surface area contributed by atoms with E-state index in [1.54, 1.807) is 41.6 Å². The molecule has 1 aromatic carbocycles. The summed E-state index contributed by atoms with van der Waals surface area (Å²) in [6, 6.07) is 9.85. The second-order valence-electron chi connectivity index (χ2n) is 5.49. The van der Waals surface area contributed by atoms with Crippen LogP contribution in [0.3, 0.4) is 0 Å². The van der Waals surface area contributed by atoms with E-state index in [2.05, 4.69) is 15.6 Å². The first-order valence-corrected chi connectivity index (χ1v) is 8.01. The quantitative estimate of drug-likeness (QED) is 0.894. The van der Waals surface area contributed by atoms with Crippen molar-refractivity contribution < 1.29 is 9.59 Å². The van der Waals surface area contributed by atoms with Gasteiger partial charge < -0.3 is 15.5 Å². The second-order valence-corrected chi connectivity index (χ2v) is 5.93. The highest BCUT2D eigenvalue weighted by molar-refractivity contribution is 6.30. The minimum absolute atomic E-state index is 0.114. The van der Waals surface area contributed by atoms with Gasteiger partial charge in [-0.15, -0.1) is 0 Å². The third-order valence-electron chi connectivity index (χ3n) is 3.85. The van der Waals surface area contributed by atoms with E-state index in [1.165, 1.54) is 0 Å². The molecule has 0 unspecified atom stereocenters. The molecule has 0 aliphatic carbocycles. The summed E-state index contributed by atoms with van der Waals surface area (Å²) < 4.78 is 0. The van der Waals surface area contributed by atoms with Crippen LogP contribution < -0.4 is 15.5 Å². The van der Waals surface area contributed by atoms with Crippen LogP contribution in [0, 0.1) is 0 Å². The molecule has 2 N–H and O–H groups in total. The van der Waals surface area contributed by atoms with Crippen molar-refractivity contribution >= 4 is 29.2 Å². The number of pyridine rings is 1. The number of amides is 3. The number of urea groups is 1. The van der Waals surface area contributed by atoms with Gasteiger partial charge in [0.2, 0.25) is 5.91 Å². The fourth-order valence-corrected chi connectivity index (χ4v) is 2.71. The number of carbonyl (C=O) groups is 2. The van der Waals surface area contributed by atoms with Crippen molar-refractivity contribution in [1.29, 1.82) is 0 Å². The first kappa shape index (κ1) is 16.3. The lowest BCUT2D eigenvalue weighted by atomic mass is 10.2. The van der Waals surface area contributed by atoms with Crippen molar-refractivity contribution in [1.82, 2.24) is 15.6 Å². The smallest absolute Gasteiger partial charge is 0.315 e. The molecule has 1 saturated heterocycles. The average molecular weight is 345 g/mol. The number of halogens is 1. The Labute approximate surface area is 144 Å². The summed E-state index contributed by atoms with van der Waals surface area (Å²) >= 11 is 5.86. The molecule has 1 fully saturated rings. The zero-order chi connectivity index (χ0) is 16.9. The number of anilines is 1. The Morgan fingerprint density at radius 2 is 1.92 bits per heavy atom. The summed E-state index contributed by atoms with van der Waals surface area (Å²) in [5.74, 6) is -0.114. The van der Waals surface area contributed by atoms with Crippen molar-refractivity contribution in [2.75, 3.05) is 11.4 Å². The van der Waals surface area contributed by atoms with Crippen molar-refractivity contribution in [3.05, 3.63) is 59.4 Å². The van der Waals surface area contributed by atoms with Gasteiger partial charge in [0, 0.05) is 36.2 Å². The average Bonchev–Trinajstić information content (AvgIpc) is 2.95. The van der Waals surface area contributed by atoms with Crippen LogP contribution in [0.1, 0.15) is 12.0 Å². The summed E-state index contributed by atoms with van der Waals surface area (Å²) in [5, 5.41) is 6.09. The molecule has 124 valence electrons. The summed E-state index contributed by atoms with van der Waals surface area (Å²) in [5.41, 5.74) is 1.73. The maximum Gasteiger partial charge on any atom is 0.315 e. The van der Waals surface area contributed by atoms with Gasteiger partial charge in [-0.3, -0.25) is 9.78 Å². The van der Waals surface area contributed by atoms with E-state index < -0.39 is 6.04 Å². The van der Waals surface area contributed by atoms with Gasteiger partial charge in [0.05, 0.1) is 0 Å². The molecule has 0 saturated carbocycles. The maximum atomic E-state index is 12.4. The maximum absolute atomic E-state index is 12.4. The minimum atomic E-state index is -0.516. The minimum Gasteiger partial charge on any atom is -0.334 e. The highest BCUT2D eigenvalue weighted by Gasteiger charge is 2.33. The van der Waals surface area contributed by atoms with Crippen LogP contribution in [0.4, 0.5) is 10.5 Å². The molecule has 1 aromatic heterocycles. The van der Waals surface area contributed by atoms with Crippen LogP contribution in [0.15, 0.2) is 48.8 Å². The summed E-state index contributed by atoms with van der Waals surface area (Å²) in [6.07, 6.45) is 3.91. The molecule has 1 atom stereocenters. The molecule has 3 amide bonds. The Hall–Kier alpha value is -2.60. The SMILES string of the molecule is O=C(NCc1ccncc1)N[C@H]1CCN(c2ccc(Cl)cc2)C1=O. The van der Waals surface area contributed by atoms with Gasteiger partial charge in [0.1, 0.15) is 6.04 Å². The molecule has 6 nitrogen and oxygen atoms in total.